The summed E-state index contributed by atoms with van der Waals surface area (Å²) in [7, 11) is 0. The van der Waals surface area contributed by atoms with Crippen molar-refractivity contribution in [2.45, 2.75) is 12.1 Å². The fourth-order valence-corrected chi connectivity index (χ4v) is 1.72. The second kappa shape index (κ2) is 3.85. The van der Waals surface area contributed by atoms with E-state index in [-0.39, 0.29) is 11.3 Å². The monoisotopic (exact) mass is 224 g/mol. The molecule has 7 heteroatoms. The normalized spacial score (nSPS) is 10.7. The molecule has 0 saturated carbocycles. The summed E-state index contributed by atoms with van der Waals surface area (Å²) in [5, 5.41) is 0.532. The maximum Gasteiger partial charge on any atom is 0.276 e. The Morgan fingerprint density at radius 2 is 2.40 bits per heavy atom. The molecule has 2 N–H and O–H groups in total. The van der Waals surface area contributed by atoms with E-state index in [1.165, 1.54) is 25.0 Å². The van der Waals surface area contributed by atoms with E-state index in [0.29, 0.717) is 22.1 Å². The summed E-state index contributed by atoms with van der Waals surface area (Å²) in [5.74, 6) is 0.389. The minimum absolute atomic E-state index is 0.0577. The Hall–Kier alpha value is -1.63. The van der Waals surface area contributed by atoms with Gasteiger partial charge in [0.2, 0.25) is 0 Å². The summed E-state index contributed by atoms with van der Waals surface area (Å²) in [6.45, 7) is 1.50. The van der Waals surface area contributed by atoms with Crippen molar-refractivity contribution in [1.82, 2.24) is 19.9 Å². The highest BCUT2D eigenvalue weighted by Gasteiger charge is 2.07. The van der Waals surface area contributed by atoms with E-state index in [0.717, 1.165) is 0 Å². The number of aromatic nitrogens is 4. The minimum Gasteiger partial charge on any atom is -0.327 e. The number of imidazole rings is 1. The molecule has 15 heavy (non-hydrogen) atoms. The van der Waals surface area contributed by atoms with E-state index in [2.05, 4.69) is 19.9 Å². The van der Waals surface area contributed by atoms with Gasteiger partial charge in [-0.3, -0.25) is 9.59 Å². The van der Waals surface area contributed by atoms with Gasteiger partial charge in [-0.1, -0.05) is 11.8 Å². The Morgan fingerprint density at radius 1 is 1.60 bits per heavy atom. The predicted octanol–water partition coefficient (Wildman–Crippen LogP) is 0.327. The number of thioether (sulfide) groups is 1. The van der Waals surface area contributed by atoms with Crippen molar-refractivity contribution in [3.8, 4) is 0 Å². The molecule has 2 rings (SSSR count). The summed E-state index contributed by atoms with van der Waals surface area (Å²) in [5.41, 5.74) is 0.440. The van der Waals surface area contributed by atoms with Crippen LogP contribution in [0.25, 0.3) is 11.2 Å². The zero-order valence-corrected chi connectivity index (χ0v) is 8.72. The maximum atomic E-state index is 11.3. The first kappa shape index (κ1) is 9.91. The first-order valence-electron chi connectivity index (χ1n) is 4.22. The second-order valence-electron chi connectivity index (χ2n) is 2.96. The topological polar surface area (TPSA) is 91.5 Å². The average molecular weight is 224 g/mol. The van der Waals surface area contributed by atoms with Gasteiger partial charge in [0.25, 0.3) is 5.56 Å². The van der Waals surface area contributed by atoms with Gasteiger partial charge in [-0.05, 0) is 6.92 Å². The Labute approximate surface area is 88.5 Å². The second-order valence-corrected chi connectivity index (χ2v) is 3.93. The van der Waals surface area contributed by atoms with Gasteiger partial charge in [-0.15, -0.1) is 0 Å². The summed E-state index contributed by atoms with van der Waals surface area (Å²) < 4.78 is 0. The Morgan fingerprint density at radius 3 is 3.07 bits per heavy atom. The average Bonchev–Trinajstić information content (AvgIpc) is 2.59. The molecule has 0 aliphatic rings. The van der Waals surface area contributed by atoms with Crippen molar-refractivity contribution >= 4 is 28.7 Å². The summed E-state index contributed by atoms with van der Waals surface area (Å²) in [6, 6.07) is 0. The van der Waals surface area contributed by atoms with E-state index in [4.69, 9.17) is 0 Å². The fraction of sp³-hybridized carbons (Fsp3) is 0.250. The zero-order valence-electron chi connectivity index (χ0n) is 7.90. The summed E-state index contributed by atoms with van der Waals surface area (Å²) in [6.07, 6.45) is 1.30. The summed E-state index contributed by atoms with van der Waals surface area (Å²) in [4.78, 5) is 35.3. The van der Waals surface area contributed by atoms with Crippen LogP contribution in [0.4, 0.5) is 0 Å². The quantitative estimate of drug-likeness (QED) is 0.733. The van der Waals surface area contributed by atoms with Gasteiger partial charge in [-0.2, -0.15) is 0 Å². The van der Waals surface area contributed by atoms with Crippen LogP contribution < -0.4 is 5.56 Å². The third kappa shape index (κ3) is 2.07. The molecule has 6 nitrogen and oxygen atoms in total. The number of carbonyl (C=O) groups excluding carboxylic acids is 1. The standard InChI is InChI=1S/C8H8N4O2S/c1-4(13)2-15-8-11-5-6(12-8)9-3-10-7(5)14/h3H,2H2,1H3,(H2,9,10,11,12,14). The van der Waals surface area contributed by atoms with E-state index in [1.54, 1.807) is 0 Å². The molecule has 2 aromatic rings. The highest BCUT2D eigenvalue weighted by atomic mass is 32.2. The van der Waals surface area contributed by atoms with Crippen LogP contribution in [0.15, 0.2) is 16.3 Å². The number of hydrogen-bond donors (Lipinski definition) is 2. The maximum absolute atomic E-state index is 11.3. The molecule has 0 unspecified atom stereocenters. The van der Waals surface area contributed by atoms with Gasteiger partial charge >= 0.3 is 0 Å². The number of hydrogen-bond acceptors (Lipinski definition) is 5. The van der Waals surface area contributed by atoms with Crippen LogP contribution in [-0.4, -0.2) is 31.5 Å². The predicted molar refractivity (Wildman–Crippen MR) is 55.9 cm³/mol. The molecule has 0 aromatic carbocycles. The lowest BCUT2D eigenvalue weighted by atomic mass is 10.5. The number of ketones is 1. The van der Waals surface area contributed by atoms with Crippen molar-refractivity contribution in [3.05, 3.63) is 16.7 Å². The number of nitrogens with one attached hydrogen (secondary N) is 2. The van der Waals surface area contributed by atoms with Gasteiger partial charge in [0, 0.05) is 0 Å². The highest BCUT2D eigenvalue weighted by molar-refractivity contribution is 7.99. The van der Waals surface area contributed by atoms with Crippen molar-refractivity contribution in [3.63, 3.8) is 0 Å². The van der Waals surface area contributed by atoms with Crippen LogP contribution in [0.5, 0.6) is 0 Å². The molecule has 0 amide bonds. The molecular weight excluding hydrogens is 216 g/mol. The molecule has 2 aromatic heterocycles. The molecule has 0 saturated heterocycles. The third-order valence-corrected chi connectivity index (χ3v) is 2.70. The largest absolute Gasteiger partial charge is 0.327 e. The molecular formula is C8H8N4O2S. The number of rotatable bonds is 3. The van der Waals surface area contributed by atoms with E-state index in [9.17, 15) is 9.59 Å². The molecule has 0 radical (unpaired) electrons. The van der Waals surface area contributed by atoms with Crippen molar-refractivity contribution in [2.24, 2.45) is 0 Å². The molecule has 78 valence electrons. The molecule has 0 bridgehead atoms. The van der Waals surface area contributed by atoms with Gasteiger partial charge in [-0.25, -0.2) is 9.97 Å². The van der Waals surface area contributed by atoms with Crippen molar-refractivity contribution < 1.29 is 4.79 Å². The lowest BCUT2D eigenvalue weighted by Gasteiger charge is -1.90. The molecule has 0 aliphatic heterocycles. The van der Waals surface area contributed by atoms with Crippen LogP contribution in [0, 0.1) is 0 Å². The van der Waals surface area contributed by atoms with E-state index in [1.807, 2.05) is 0 Å². The summed E-state index contributed by atoms with van der Waals surface area (Å²) >= 11 is 1.25. The number of carbonyl (C=O) groups is 1. The van der Waals surface area contributed by atoms with E-state index >= 15 is 0 Å². The first-order valence-corrected chi connectivity index (χ1v) is 5.21. The molecule has 0 spiro atoms. The smallest absolute Gasteiger partial charge is 0.276 e. The van der Waals surface area contributed by atoms with Gasteiger partial charge in [0.05, 0.1) is 12.1 Å². The highest BCUT2D eigenvalue weighted by Crippen LogP contribution is 2.15. The zero-order chi connectivity index (χ0) is 10.8. The third-order valence-electron chi connectivity index (χ3n) is 1.68. The first-order chi connectivity index (χ1) is 7.16. The SMILES string of the molecule is CC(=O)CSc1nc2nc[nH]c(=O)c2[nH]1. The minimum atomic E-state index is -0.262. The fourth-order valence-electron chi connectivity index (χ4n) is 1.06. The number of H-pyrrole nitrogens is 2. The Balaban J connectivity index is 2.35. The van der Waals surface area contributed by atoms with Crippen LogP contribution in [0.2, 0.25) is 0 Å². The number of nitrogens with zero attached hydrogens (tertiary/aromatic N) is 2. The molecule has 2 heterocycles. The van der Waals surface area contributed by atoms with E-state index < -0.39 is 0 Å². The van der Waals surface area contributed by atoms with Crippen LogP contribution in [0.3, 0.4) is 0 Å². The number of fused-ring (bicyclic) bond motifs is 1. The van der Waals surface area contributed by atoms with Gasteiger partial charge < -0.3 is 9.97 Å². The molecule has 0 fully saturated rings. The van der Waals surface area contributed by atoms with Gasteiger partial charge in [0.15, 0.2) is 16.3 Å². The van der Waals surface area contributed by atoms with Crippen molar-refractivity contribution in [2.75, 3.05) is 5.75 Å². The number of aromatic amines is 2. The molecule has 0 aliphatic carbocycles. The van der Waals surface area contributed by atoms with Crippen LogP contribution >= 0.6 is 11.8 Å². The lowest BCUT2D eigenvalue weighted by Crippen LogP contribution is -2.05. The van der Waals surface area contributed by atoms with Crippen molar-refractivity contribution in [1.29, 1.82) is 0 Å². The van der Waals surface area contributed by atoms with Crippen LogP contribution in [-0.2, 0) is 4.79 Å². The molecule has 0 atom stereocenters. The Kier molecular flexibility index (Phi) is 2.55. The van der Waals surface area contributed by atoms with Gasteiger partial charge in [0.1, 0.15) is 5.78 Å². The number of Topliss-reactive ketones (excluding diaryl/α,β-unsaturated/α-hetero) is 1. The Bertz CT molecular complexity index is 559. The lowest BCUT2D eigenvalue weighted by molar-refractivity contribution is -0.114. The van der Waals surface area contributed by atoms with Crippen LogP contribution in [0.1, 0.15) is 6.92 Å².